The minimum absolute atomic E-state index is 0.144. The maximum atomic E-state index is 10.6. The third kappa shape index (κ3) is 1.53. The molecule has 1 aliphatic carbocycles. The number of carbonyl (C=O) groups is 1. The van der Waals surface area contributed by atoms with Gasteiger partial charge in [-0.05, 0) is 12.8 Å². The lowest BCUT2D eigenvalue weighted by molar-refractivity contribution is 0.166. The largest absolute Gasteiger partial charge is 0.453 e. The van der Waals surface area contributed by atoms with E-state index in [-0.39, 0.29) is 5.54 Å². The lowest BCUT2D eigenvalue weighted by Gasteiger charge is -2.11. The Hall–Kier alpha value is -0.440. The predicted octanol–water partition coefficient (Wildman–Crippen LogP) is 1.11. The number of alkyl halides is 1. The van der Waals surface area contributed by atoms with Gasteiger partial charge in [-0.25, -0.2) is 4.79 Å². The standard InChI is InChI=1S/C6H10ClNO2/c1-10-5(9)8-6(4-7)2-3-6/h2-4H2,1H3,(H,8,9). The third-order valence-electron chi connectivity index (χ3n) is 1.66. The van der Waals surface area contributed by atoms with Gasteiger partial charge in [0.15, 0.2) is 0 Å². The predicted molar refractivity (Wildman–Crippen MR) is 38.2 cm³/mol. The highest BCUT2D eigenvalue weighted by molar-refractivity contribution is 6.19. The van der Waals surface area contributed by atoms with Gasteiger partial charge >= 0.3 is 6.09 Å². The zero-order valence-corrected chi connectivity index (χ0v) is 6.57. The second-order valence-corrected chi connectivity index (χ2v) is 2.80. The van der Waals surface area contributed by atoms with Crippen molar-refractivity contribution in [3.63, 3.8) is 0 Å². The van der Waals surface area contributed by atoms with Crippen molar-refractivity contribution in [2.24, 2.45) is 0 Å². The number of nitrogens with one attached hydrogen (secondary N) is 1. The summed E-state index contributed by atoms with van der Waals surface area (Å²) in [7, 11) is 1.35. The molecule has 0 aromatic rings. The van der Waals surface area contributed by atoms with Gasteiger partial charge in [0.25, 0.3) is 0 Å². The molecule has 3 nitrogen and oxygen atoms in total. The summed E-state index contributed by atoms with van der Waals surface area (Å²) in [6, 6.07) is 0. The zero-order chi connectivity index (χ0) is 7.61. The van der Waals surface area contributed by atoms with Crippen LogP contribution in [0.2, 0.25) is 0 Å². The first-order valence-electron chi connectivity index (χ1n) is 3.14. The van der Waals surface area contributed by atoms with Crippen molar-refractivity contribution < 1.29 is 9.53 Å². The van der Waals surface area contributed by atoms with Crippen molar-refractivity contribution in [2.45, 2.75) is 18.4 Å². The third-order valence-corrected chi connectivity index (χ3v) is 2.17. The van der Waals surface area contributed by atoms with Gasteiger partial charge in [-0.1, -0.05) is 0 Å². The molecule has 1 aliphatic rings. The van der Waals surface area contributed by atoms with Gasteiger partial charge in [0.05, 0.1) is 12.6 Å². The van der Waals surface area contributed by atoms with E-state index in [1.807, 2.05) is 0 Å². The second kappa shape index (κ2) is 2.66. The average molecular weight is 164 g/mol. The summed E-state index contributed by atoms with van der Waals surface area (Å²) in [4.78, 5) is 10.6. The molecule has 0 bridgehead atoms. The van der Waals surface area contributed by atoms with Crippen LogP contribution in [0.15, 0.2) is 0 Å². The van der Waals surface area contributed by atoms with E-state index in [2.05, 4.69) is 10.1 Å². The van der Waals surface area contributed by atoms with E-state index >= 15 is 0 Å². The van der Waals surface area contributed by atoms with Crippen molar-refractivity contribution in [3.05, 3.63) is 0 Å². The molecule has 0 aliphatic heterocycles. The van der Waals surface area contributed by atoms with Crippen molar-refractivity contribution >= 4 is 17.7 Å². The lowest BCUT2D eigenvalue weighted by atomic mass is 10.3. The van der Waals surface area contributed by atoms with Gasteiger partial charge in [-0.3, -0.25) is 0 Å². The summed E-state index contributed by atoms with van der Waals surface area (Å²) in [6.07, 6.45) is 1.54. The summed E-state index contributed by atoms with van der Waals surface area (Å²) in [5.74, 6) is 0.474. The summed E-state index contributed by atoms with van der Waals surface area (Å²) >= 11 is 5.59. The van der Waals surface area contributed by atoms with Crippen molar-refractivity contribution in [3.8, 4) is 0 Å². The van der Waals surface area contributed by atoms with E-state index in [1.165, 1.54) is 7.11 Å². The Bertz CT molecular complexity index is 145. The molecular formula is C6H10ClNO2. The van der Waals surface area contributed by atoms with Gasteiger partial charge in [0.1, 0.15) is 0 Å². The van der Waals surface area contributed by atoms with Crippen LogP contribution in [-0.4, -0.2) is 24.6 Å². The molecule has 0 aromatic carbocycles. The van der Waals surface area contributed by atoms with Crippen LogP contribution in [0.3, 0.4) is 0 Å². The first-order valence-corrected chi connectivity index (χ1v) is 3.68. The number of methoxy groups -OCH3 is 1. The summed E-state index contributed by atoms with van der Waals surface area (Å²) in [5.41, 5.74) is -0.144. The van der Waals surface area contributed by atoms with E-state index in [4.69, 9.17) is 11.6 Å². The molecular weight excluding hydrogens is 154 g/mol. The van der Waals surface area contributed by atoms with Crippen LogP contribution in [-0.2, 0) is 4.74 Å². The molecule has 0 spiro atoms. The topological polar surface area (TPSA) is 38.3 Å². The average Bonchev–Trinajstić information content (AvgIpc) is 2.70. The maximum absolute atomic E-state index is 10.6. The maximum Gasteiger partial charge on any atom is 0.407 e. The van der Waals surface area contributed by atoms with Gasteiger partial charge in [-0.15, -0.1) is 11.6 Å². The molecule has 0 unspecified atom stereocenters. The van der Waals surface area contributed by atoms with Crippen LogP contribution < -0.4 is 5.32 Å². The zero-order valence-electron chi connectivity index (χ0n) is 5.82. The van der Waals surface area contributed by atoms with E-state index in [9.17, 15) is 4.79 Å². The van der Waals surface area contributed by atoms with Gasteiger partial charge in [0, 0.05) is 5.88 Å². The van der Waals surface area contributed by atoms with Gasteiger partial charge in [0.2, 0.25) is 0 Å². The number of carbonyl (C=O) groups excluding carboxylic acids is 1. The van der Waals surface area contributed by atoms with Crippen molar-refractivity contribution in [1.29, 1.82) is 0 Å². The second-order valence-electron chi connectivity index (χ2n) is 2.53. The quantitative estimate of drug-likeness (QED) is 0.620. The van der Waals surface area contributed by atoms with E-state index in [0.717, 1.165) is 12.8 Å². The van der Waals surface area contributed by atoms with Crippen LogP contribution in [0.5, 0.6) is 0 Å². The number of hydrogen-bond acceptors (Lipinski definition) is 2. The molecule has 4 heteroatoms. The Morgan fingerprint density at radius 2 is 2.40 bits per heavy atom. The molecule has 58 valence electrons. The SMILES string of the molecule is COC(=O)NC1(CCl)CC1. The molecule has 1 fully saturated rings. The fourth-order valence-corrected chi connectivity index (χ4v) is 1.04. The molecule has 1 amide bonds. The Morgan fingerprint density at radius 3 is 2.70 bits per heavy atom. The number of rotatable bonds is 2. The summed E-state index contributed by atoms with van der Waals surface area (Å²) in [6.45, 7) is 0. The van der Waals surface area contributed by atoms with E-state index < -0.39 is 6.09 Å². The van der Waals surface area contributed by atoms with E-state index in [1.54, 1.807) is 0 Å². The molecule has 10 heavy (non-hydrogen) atoms. The highest BCUT2D eigenvalue weighted by atomic mass is 35.5. The number of hydrogen-bond donors (Lipinski definition) is 1. The van der Waals surface area contributed by atoms with Crippen molar-refractivity contribution in [1.82, 2.24) is 5.32 Å². The fourth-order valence-electron chi connectivity index (χ4n) is 0.710. The summed E-state index contributed by atoms with van der Waals surface area (Å²) < 4.78 is 4.42. The van der Waals surface area contributed by atoms with Crippen LogP contribution in [0.4, 0.5) is 4.79 Å². The van der Waals surface area contributed by atoms with Crippen LogP contribution in [0, 0.1) is 0 Å². The van der Waals surface area contributed by atoms with E-state index in [0.29, 0.717) is 5.88 Å². The minimum atomic E-state index is -0.391. The molecule has 0 atom stereocenters. The Morgan fingerprint density at radius 1 is 1.80 bits per heavy atom. The number of halogens is 1. The first-order chi connectivity index (χ1) is 4.72. The van der Waals surface area contributed by atoms with Crippen LogP contribution >= 0.6 is 11.6 Å². The highest BCUT2D eigenvalue weighted by Gasteiger charge is 2.43. The smallest absolute Gasteiger partial charge is 0.407 e. The molecule has 1 rings (SSSR count). The number of amides is 1. The molecule has 1 saturated carbocycles. The first kappa shape index (κ1) is 7.66. The van der Waals surface area contributed by atoms with Gasteiger partial charge < -0.3 is 10.1 Å². The van der Waals surface area contributed by atoms with Gasteiger partial charge in [-0.2, -0.15) is 0 Å². The van der Waals surface area contributed by atoms with Crippen LogP contribution in [0.25, 0.3) is 0 Å². The lowest BCUT2D eigenvalue weighted by Crippen LogP contribution is -2.37. The molecule has 0 heterocycles. The normalized spacial score (nSPS) is 19.8. The molecule has 0 radical (unpaired) electrons. The van der Waals surface area contributed by atoms with Crippen molar-refractivity contribution in [2.75, 3.05) is 13.0 Å². The van der Waals surface area contributed by atoms with Crippen LogP contribution in [0.1, 0.15) is 12.8 Å². The fraction of sp³-hybridized carbons (Fsp3) is 0.833. The molecule has 0 saturated heterocycles. The Labute approximate surface area is 64.7 Å². The number of ether oxygens (including phenoxy) is 1. The summed E-state index contributed by atoms with van der Waals surface area (Å²) in [5, 5.41) is 2.67. The Kier molecular flexibility index (Phi) is 2.04. The Balaban J connectivity index is 2.30. The minimum Gasteiger partial charge on any atom is -0.453 e. The molecule has 0 aromatic heterocycles. The highest BCUT2D eigenvalue weighted by Crippen LogP contribution is 2.36. The molecule has 1 N–H and O–H groups in total. The monoisotopic (exact) mass is 163 g/mol. The number of alkyl carbamates (subject to hydrolysis) is 1.